The number of hydrogen-bond acceptors (Lipinski definition) is 3. The van der Waals surface area contributed by atoms with Crippen molar-refractivity contribution < 1.29 is 9.53 Å². The zero-order valence-corrected chi connectivity index (χ0v) is 19.5. The summed E-state index contributed by atoms with van der Waals surface area (Å²) in [5.74, 6) is 0.566. The van der Waals surface area contributed by atoms with Crippen molar-refractivity contribution in [2.75, 3.05) is 6.61 Å². The highest BCUT2D eigenvalue weighted by atomic mass is 16.5. The van der Waals surface area contributed by atoms with Crippen molar-refractivity contribution in [2.24, 2.45) is 7.05 Å². The number of amides is 1. The van der Waals surface area contributed by atoms with Crippen LogP contribution in [0.25, 0.3) is 11.0 Å². The third-order valence-corrected chi connectivity index (χ3v) is 6.10. The van der Waals surface area contributed by atoms with Crippen molar-refractivity contribution in [3.8, 4) is 0 Å². The number of imidazole rings is 1. The molecule has 4 aromatic carbocycles. The number of para-hydroxylation sites is 2. The van der Waals surface area contributed by atoms with Crippen LogP contribution in [0.2, 0.25) is 0 Å². The van der Waals surface area contributed by atoms with E-state index >= 15 is 0 Å². The predicted molar refractivity (Wildman–Crippen MR) is 138 cm³/mol. The highest BCUT2D eigenvalue weighted by molar-refractivity contribution is 5.79. The molecule has 5 nitrogen and oxygen atoms in total. The fourth-order valence-corrected chi connectivity index (χ4v) is 4.37. The number of aryl methyl sites for hydroxylation is 1. The van der Waals surface area contributed by atoms with Gasteiger partial charge in [0.1, 0.15) is 24.6 Å². The normalized spacial score (nSPS) is 12.1. The van der Waals surface area contributed by atoms with Crippen LogP contribution < -0.4 is 5.32 Å². The number of hydrogen-bond donors (Lipinski definition) is 1. The highest BCUT2D eigenvalue weighted by Crippen LogP contribution is 2.27. The lowest BCUT2D eigenvalue weighted by atomic mass is 10.0. The van der Waals surface area contributed by atoms with E-state index in [-0.39, 0.29) is 18.6 Å². The number of fused-ring (bicyclic) bond motifs is 1. The summed E-state index contributed by atoms with van der Waals surface area (Å²) in [7, 11) is 1.98. The van der Waals surface area contributed by atoms with Crippen molar-refractivity contribution in [1.29, 1.82) is 0 Å². The van der Waals surface area contributed by atoms with Gasteiger partial charge < -0.3 is 14.6 Å². The molecule has 0 aliphatic heterocycles. The number of ether oxygens (including phenoxy) is 1. The maximum absolute atomic E-state index is 13.2. The van der Waals surface area contributed by atoms with Crippen LogP contribution in [0.1, 0.15) is 34.7 Å². The minimum absolute atomic E-state index is 0.0816. The molecule has 0 saturated heterocycles. The molecule has 0 aliphatic carbocycles. The van der Waals surface area contributed by atoms with Gasteiger partial charge in [-0.25, -0.2) is 4.98 Å². The third-order valence-electron chi connectivity index (χ3n) is 6.10. The maximum atomic E-state index is 13.2. The molecular weight excluding hydrogens is 434 g/mol. The van der Waals surface area contributed by atoms with E-state index in [0.717, 1.165) is 33.5 Å². The van der Waals surface area contributed by atoms with Gasteiger partial charge in [-0.3, -0.25) is 4.79 Å². The first-order chi connectivity index (χ1) is 17.2. The number of nitrogens with zero attached hydrogens (tertiary/aromatic N) is 2. The zero-order valence-electron chi connectivity index (χ0n) is 19.5. The van der Waals surface area contributed by atoms with Crippen LogP contribution in [-0.4, -0.2) is 22.1 Å². The molecule has 0 fully saturated rings. The average molecular weight is 462 g/mol. The van der Waals surface area contributed by atoms with Gasteiger partial charge in [-0.1, -0.05) is 103 Å². The van der Waals surface area contributed by atoms with E-state index in [9.17, 15) is 4.79 Å². The molecule has 0 spiro atoms. The Balaban J connectivity index is 1.40. The van der Waals surface area contributed by atoms with E-state index in [1.54, 1.807) is 0 Å². The molecule has 1 amide bonds. The minimum Gasteiger partial charge on any atom is -0.359 e. The van der Waals surface area contributed by atoms with Gasteiger partial charge in [0.2, 0.25) is 5.91 Å². The summed E-state index contributed by atoms with van der Waals surface area (Å²) in [6.07, 6.45) is -0.339. The summed E-state index contributed by atoms with van der Waals surface area (Å²) >= 11 is 0. The third kappa shape index (κ3) is 5.00. The van der Waals surface area contributed by atoms with Gasteiger partial charge in [0, 0.05) is 7.05 Å². The molecule has 0 saturated carbocycles. The molecule has 1 heterocycles. The standard InChI is InChI=1S/C30H27N3O2/c1-33-26-20-12-11-19-25(26)31-30(33)28(22-13-5-2-6-14-22)32-27(34)21-35-29(23-15-7-3-8-16-23)24-17-9-4-10-18-24/h2-20,28-29H,21H2,1H3,(H,32,34). The molecule has 0 radical (unpaired) electrons. The summed E-state index contributed by atoms with van der Waals surface area (Å²) in [5.41, 5.74) is 4.87. The lowest BCUT2D eigenvalue weighted by Gasteiger charge is -2.22. The zero-order chi connectivity index (χ0) is 24.0. The molecule has 1 aromatic heterocycles. The molecule has 5 rings (SSSR count). The molecule has 174 valence electrons. The second kappa shape index (κ2) is 10.4. The van der Waals surface area contributed by atoms with Crippen molar-refractivity contribution in [1.82, 2.24) is 14.9 Å². The van der Waals surface area contributed by atoms with Crippen molar-refractivity contribution in [3.05, 3.63) is 138 Å². The van der Waals surface area contributed by atoms with E-state index in [1.807, 2.05) is 127 Å². The summed E-state index contributed by atoms with van der Waals surface area (Å²) < 4.78 is 8.23. The SMILES string of the molecule is Cn1c(C(NC(=O)COC(c2ccccc2)c2ccccc2)c2ccccc2)nc2ccccc21. The lowest BCUT2D eigenvalue weighted by Crippen LogP contribution is -2.34. The number of nitrogens with one attached hydrogen (secondary N) is 1. The van der Waals surface area contributed by atoms with Gasteiger partial charge in [0.15, 0.2) is 0 Å². The Bertz CT molecular complexity index is 1360. The molecule has 1 unspecified atom stereocenters. The van der Waals surface area contributed by atoms with E-state index in [1.165, 1.54) is 0 Å². The Kier molecular flexibility index (Phi) is 6.68. The van der Waals surface area contributed by atoms with E-state index in [2.05, 4.69) is 5.32 Å². The summed E-state index contributed by atoms with van der Waals surface area (Å²) in [5, 5.41) is 3.16. The largest absolute Gasteiger partial charge is 0.359 e. The van der Waals surface area contributed by atoms with Gasteiger partial charge in [-0.2, -0.15) is 0 Å². The van der Waals surface area contributed by atoms with E-state index < -0.39 is 6.04 Å². The van der Waals surface area contributed by atoms with Gasteiger partial charge in [-0.15, -0.1) is 0 Å². The fraction of sp³-hybridized carbons (Fsp3) is 0.133. The molecule has 0 aliphatic rings. The van der Waals surface area contributed by atoms with Crippen LogP contribution in [0.15, 0.2) is 115 Å². The molecule has 1 atom stereocenters. The Morgan fingerprint density at radius 2 is 1.29 bits per heavy atom. The quantitative estimate of drug-likeness (QED) is 0.328. The maximum Gasteiger partial charge on any atom is 0.246 e. The molecule has 35 heavy (non-hydrogen) atoms. The Morgan fingerprint density at radius 3 is 1.86 bits per heavy atom. The first kappa shape index (κ1) is 22.6. The lowest BCUT2D eigenvalue weighted by molar-refractivity contribution is -0.127. The van der Waals surface area contributed by atoms with Crippen molar-refractivity contribution in [2.45, 2.75) is 12.1 Å². The molecule has 5 aromatic rings. The van der Waals surface area contributed by atoms with Gasteiger partial charge in [0.05, 0.1) is 11.0 Å². The van der Waals surface area contributed by atoms with Crippen molar-refractivity contribution >= 4 is 16.9 Å². The second-order valence-corrected chi connectivity index (χ2v) is 8.44. The number of aromatic nitrogens is 2. The van der Waals surface area contributed by atoms with Crippen LogP contribution >= 0.6 is 0 Å². The Labute approximate surface area is 205 Å². The van der Waals surface area contributed by atoms with Crippen LogP contribution in [0.3, 0.4) is 0 Å². The van der Waals surface area contributed by atoms with Crippen molar-refractivity contribution in [3.63, 3.8) is 0 Å². The van der Waals surface area contributed by atoms with Gasteiger partial charge >= 0.3 is 0 Å². The van der Waals surface area contributed by atoms with Crippen LogP contribution in [0, 0.1) is 0 Å². The fourth-order valence-electron chi connectivity index (χ4n) is 4.37. The first-order valence-electron chi connectivity index (χ1n) is 11.7. The van der Waals surface area contributed by atoms with Crippen LogP contribution in [-0.2, 0) is 16.6 Å². The highest BCUT2D eigenvalue weighted by Gasteiger charge is 2.24. The Hall–Kier alpha value is -4.22. The smallest absolute Gasteiger partial charge is 0.246 e. The average Bonchev–Trinajstić information content (AvgIpc) is 3.25. The topological polar surface area (TPSA) is 56.2 Å². The molecular formula is C30H27N3O2. The number of benzene rings is 4. The second-order valence-electron chi connectivity index (χ2n) is 8.44. The first-order valence-corrected chi connectivity index (χ1v) is 11.7. The minimum atomic E-state index is -0.406. The van der Waals surface area contributed by atoms with Crippen LogP contribution in [0.5, 0.6) is 0 Å². The molecule has 5 heteroatoms. The summed E-state index contributed by atoms with van der Waals surface area (Å²) in [4.78, 5) is 18.1. The van der Waals surface area contributed by atoms with Gasteiger partial charge in [-0.05, 0) is 28.8 Å². The predicted octanol–water partition coefficient (Wildman–Crippen LogP) is 5.59. The van der Waals surface area contributed by atoms with E-state index in [0.29, 0.717) is 0 Å². The summed E-state index contributed by atoms with van der Waals surface area (Å²) in [6.45, 7) is -0.0816. The molecule has 0 bridgehead atoms. The van der Waals surface area contributed by atoms with Gasteiger partial charge in [0.25, 0.3) is 0 Å². The van der Waals surface area contributed by atoms with E-state index in [4.69, 9.17) is 9.72 Å². The number of carbonyl (C=O) groups is 1. The number of rotatable bonds is 8. The van der Waals surface area contributed by atoms with Crippen LogP contribution in [0.4, 0.5) is 0 Å². The molecule has 1 N–H and O–H groups in total. The number of carbonyl (C=O) groups excluding carboxylic acids is 1. The Morgan fingerprint density at radius 1 is 0.771 bits per heavy atom. The monoisotopic (exact) mass is 461 g/mol. The summed E-state index contributed by atoms with van der Waals surface area (Å²) in [6, 6.07) is 37.4.